The Morgan fingerprint density at radius 1 is 1.35 bits per heavy atom. The summed E-state index contributed by atoms with van der Waals surface area (Å²) in [4.78, 5) is 14.2. The van der Waals surface area contributed by atoms with Gasteiger partial charge < -0.3 is 4.90 Å². The lowest BCUT2D eigenvalue weighted by molar-refractivity contribution is -0.133. The minimum atomic E-state index is -3.14. The molecule has 0 saturated carbocycles. The van der Waals surface area contributed by atoms with Crippen LogP contribution in [0.25, 0.3) is 0 Å². The van der Waals surface area contributed by atoms with Gasteiger partial charge in [-0.05, 0) is 25.7 Å². The summed E-state index contributed by atoms with van der Waals surface area (Å²) in [6.45, 7) is 1.64. The molecule has 0 aliphatic carbocycles. The van der Waals surface area contributed by atoms with E-state index in [1.807, 2.05) is 0 Å². The summed E-state index contributed by atoms with van der Waals surface area (Å²) < 4.78 is 24.7. The highest BCUT2D eigenvalue weighted by Gasteiger charge is 2.46. The van der Waals surface area contributed by atoms with Gasteiger partial charge in [0.15, 0.2) is 0 Å². The normalized spacial score (nSPS) is 31.4. The van der Waals surface area contributed by atoms with Crippen molar-refractivity contribution in [3.63, 3.8) is 0 Å². The fourth-order valence-electron chi connectivity index (χ4n) is 3.61. The maximum absolute atomic E-state index is 12.7. The lowest BCUT2D eigenvalue weighted by atomic mass is 10.0. The van der Waals surface area contributed by atoms with Crippen LogP contribution in [0.1, 0.15) is 25.7 Å². The second kappa shape index (κ2) is 6.24. The van der Waals surface area contributed by atoms with Crippen molar-refractivity contribution in [3.8, 4) is 6.07 Å². The number of piperidine rings is 1. The fourth-order valence-corrected chi connectivity index (χ4v) is 5.86. The van der Waals surface area contributed by atoms with Crippen LogP contribution in [0, 0.1) is 11.3 Å². The number of rotatable bonds is 2. The number of nitriles is 1. The molecule has 0 radical (unpaired) electrons. The molecule has 1 N–H and O–H groups in total. The van der Waals surface area contributed by atoms with Crippen LogP contribution < -0.4 is 5.32 Å². The molecule has 128 valence electrons. The van der Waals surface area contributed by atoms with Crippen molar-refractivity contribution in [2.24, 2.45) is 0 Å². The van der Waals surface area contributed by atoms with Crippen molar-refractivity contribution in [1.82, 2.24) is 14.5 Å². The minimum absolute atomic E-state index is 0.0176. The van der Waals surface area contributed by atoms with Crippen LogP contribution in [0.15, 0.2) is 0 Å². The Morgan fingerprint density at radius 3 is 2.65 bits per heavy atom. The Balaban J connectivity index is 1.61. The molecule has 9 heteroatoms. The third-order valence-electron chi connectivity index (χ3n) is 4.95. The molecular formula is C14H22N4O3S2. The molecule has 23 heavy (non-hydrogen) atoms. The number of carbonyl (C=O) groups is 1. The van der Waals surface area contributed by atoms with Crippen molar-refractivity contribution in [2.75, 3.05) is 31.6 Å². The zero-order valence-corrected chi connectivity index (χ0v) is 14.8. The van der Waals surface area contributed by atoms with Gasteiger partial charge in [-0.15, -0.1) is 11.8 Å². The van der Waals surface area contributed by atoms with Crippen LogP contribution >= 0.6 is 11.8 Å². The van der Waals surface area contributed by atoms with Gasteiger partial charge >= 0.3 is 0 Å². The molecule has 0 unspecified atom stereocenters. The summed E-state index contributed by atoms with van der Waals surface area (Å²) in [7, 11) is -3.14. The molecule has 3 saturated heterocycles. The molecule has 0 aromatic carbocycles. The SMILES string of the molecule is CS(=O)(=O)N1CCC2(CC1)N[C@H](C(=O)N1CCC[C@H]1C#N)CS2. The first kappa shape index (κ1) is 17.0. The zero-order valence-electron chi connectivity index (χ0n) is 13.2. The highest BCUT2D eigenvalue weighted by atomic mass is 32.2. The zero-order chi connectivity index (χ0) is 16.7. The van der Waals surface area contributed by atoms with Crippen LogP contribution in [0.5, 0.6) is 0 Å². The second-order valence-corrected chi connectivity index (χ2v) is 9.87. The van der Waals surface area contributed by atoms with Crippen LogP contribution in [0.3, 0.4) is 0 Å². The number of likely N-dealkylation sites (tertiary alicyclic amines) is 1. The average Bonchev–Trinajstić information content (AvgIpc) is 3.13. The Kier molecular flexibility index (Phi) is 4.62. The Hall–Kier alpha value is -0.820. The van der Waals surface area contributed by atoms with E-state index < -0.39 is 10.0 Å². The van der Waals surface area contributed by atoms with Crippen LogP contribution in [0.4, 0.5) is 0 Å². The van der Waals surface area contributed by atoms with Crippen molar-refractivity contribution in [3.05, 3.63) is 0 Å². The third-order valence-corrected chi connectivity index (χ3v) is 7.83. The molecule has 3 fully saturated rings. The average molecular weight is 358 g/mol. The number of sulfonamides is 1. The first-order valence-corrected chi connectivity index (χ1v) is 10.7. The summed E-state index contributed by atoms with van der Waals surface area (Å²) in [6, 6.07) is 1.65. The quantitative estimate of drug-likeness (QED) is 0.744. The van der Waals surface area contributed by atoms with Crippen LogP contribution in [0.2, 0.25) is 0 Å². The molecule has 0 aromatic rings. The number of carbonyl (C=O) groups excluding carboxylic acids is 1. The standard InChI is InChI=1S/C14H22N4O3S2/c1-23(20,21)17-7-4-14(5-8-17)16-12(10-22-14)13(19)18-6-2-3-11(18)9-15/h11-12,16H,2-8,10H2,1H3/t11-,12-/m0/s1. The van der Waals surface area contributed by atoms with Gasteiger partial charge in [-0.3, -0.25) is 10.1 Å². The van der Waals surface area contributed by atoms with Gasteiger partial charge in [0.2, 0.25) is 15.9 Å². The molecule has 1 spiro atoms. The Labute approximate surface area is 141 Å². The predicted octanol–water partition coefficient (Wildman–Crippen LogP) is -0.0423. The second-order valence-electron chi connectivity index (χ2n) is 6.48. The predicted molar refractivity (Wildman–Crippen MR) is 88.1 cm³/mol. The van der Waals surface area contributed by atoms with Crippen molar-refractivity contribution < 1.29 is 13.2 Å². The van der Waals surface area contributed by atoms with Gasteiger partial charge in [0.25, 0.3) is 0 Å². The number of amides is 1. The molecule has 0 bridgehead atoms. The molecule has 2 atom stereocenters. The molecule has 7 nitrogen and oxygen atoms in total. The Morgan fingerprint density at radius 2 is 2.04 bits per heavy atom. The minimum Gasteiger partial charge on any atom is -0.325 e. The van der Waals surface area contributed by atoms with E-state index in [2.05, 4.69) is 11.4 Å². The van der Waals surface area contributed by atoms with Gasteiger partial charge in [0.05, 0.1) is 23.2 Å². The molecule has 3 aliphatic rings. The van der Waals surface area contributed by atoms with Gasteiger partial charge in [-0.2, -0.15) is 5.26 Å². The first-order valence-electron chi connectivity index (χ1n) is 7.91. The Bertz CT molecular complexity index is 622. The summed E-state index contributed by atoms with van der Waals surface area (Å²) >= 11 is 1.72. The van der Waals surface area contributed by atoms with E-state index in [-0.39, 0.29) is 22.9 Å². The maximum atomic E-state index is 12.7. The van der Waals surface area contributed by atoms with E-state index in [4.69, 9.17) is 5.26 Å². The van der Waals surface area contributed by atoms with Crippen molar-refractivity contribution >= 4 is 27.7 Å². The van der Waals surface area contributed by atoms with Crippen LogP contribution in [-0.2, 0) is 14.8 Å². The monoisotopic (exact) mass is 358 g/mol. The maximum Gasteiger partial charge on any atom is 0.241 e. The number of thioether (sulfide) groups is 1. The topological polar surface area (TPSA) is 93.5 Å². The first-order chi connectivity index (χ1) is 10.8. The summed E-state index contributed by atoms with van der Waals surface area (Å²) in [5.41, 5.74) is 0. The lowest BCUT2D eigenvalue weighted by Gasteiger charge is -2.38. The summed E-state index contributed by atoms with van der Waals surface area (Å²) in [6.07, 6.45) is 4.29. The van der Waals surface area contributed by atoms with Crippen LogP contribution in [-0.4, -0.2) is 72.1 Å². The largest absolute Gasteiger partial charge is 0.325 e. The van der Waals surface area contributed by atoms with E-state index in [0.717, 1.165) is 12.8 Å². The van der Waals surface area contributed by atoms with Crippen molar-refractivity contribution in [2.45, 2.75) is 42.6 Å². The van der Waals surface area contributed by atoms with E-state index in [0.29, 0.717) is 38.2 Å². The van der Waals surface area contributed by atoms with Gasteiger partial charge in [-0.1, -0.05) is 0 Å². The fraction of sp³-hybridized carbons (Fsp3) is 0.857. The van der Waals surface area contributed by atoms with Crippen molar-refractivity contribution in [1.29, 1.82) is 5.26 Å². The molecule has 3 heterocycles. The molecular weight excluding hydrogens is 336 g/mol. The number of nitrogens with one attached hydrogen (secondary N) is 1. The third kappa shape index (κ3) is 3.36. The van der Waals surface area contributed by atoms with Gasteiger partial charge in [-0.25, -0.2) is 12.7 Å². The van der Waals surface area contributed by atoms with E-state index >= 15 is 0 Å². The molecule has 1 amide bonds. The summed E-state index contributed by atoms with van der Waals surface area (Å²) in [5, 5.41) is 12.6. The van der Waals surface area contributed by atoms with E-state index in [1.54, 1.807) is 16.7 Å². The van der Waals surface area contributed by atoms with Gasteiger partial charge in [0.1, 0.15) is 6.04 Å². The molecule has 3 aliphatic heterocycles. The highest BCUT2D eigenvalue weighted by Crippen LogP contribution is 2.40. The number of nitrogens with zero attached hydrogens (tertiary/aromatic N) is 3. The highest BCUT2D eigenvalue weighted by molar-refractivity contribution is 8.01. The number of hydrogen-bond acceptors (Lipinski definition) is 6. The van der Waals surface area contributed by atoms with E-state index in [1.165, 1.54) is 10.6 Å². The van der Waals surface area contributed by atoms with Gasteiger partial charge in [0, 0.05) is 25.4 Å². The smallest absolute Gasteiger partial charge is 0.241 e. The lowest BCUT2D eigenvalue weighted by Crippen LogP contribution is -2.55. The number of hydrogen-bond donors (Lipinski definition) is 1. The molecule has 0 aromatic heterocycles. The van der Waals surface area contributed by atoms with E-state index in [9.17, 15) is 13.2 Å². The molecule has 3 rings (SSSR count). The summed E-state index contributed by atoms with van der Waals surface area (Å²) in [5.74, 6) is 0.704.